The second-order valence-corrected chi connectivity index (χ2v) is 9.55. The molecule has 0 fully saturated rings. The number of halogens is 1. The zero-order chi connectivity index (χ0) is 26.6. The number of hydrogen-bond donors (Lipinski definition) is 2. The maximum absolute atomic E-state index is 13.0. The fourth-order valence-corrected chi connectivity index (χ4v) is 4.60. The summed E-state index contributed by atoms with van der Waals surface area (Å²) in [6, 6.07) is 18.8. The molecule has 4 rings (SSSR count). The van der Waals surface area contributed by atoms with Crippen LogP contribution in [0.4, 0.5) is 4.39 Å². The van der Waals surface area contributed by atoms with Gasteiger partial charge in [-0.3, -0.25) is 14.6 Å². The topological polar surface area (TPSA) is 106 Å². The Hall–Kier alpha value is -4.02. The van der Waals surface area contributed by atoms with Crippen LogP contribution in [-0.2, 0) is 16.1 Å². The molecule has 2 heterocycles. The van der Waals surface area contributed by atoms with Crippen LogP contribution in [0.15, 0.2) is 79.1 Å². The number of rotatable bonds is 13. The Morgan fingerprint density at radius 2 is 1.79 bits per heavy atom. The van der Waals surface area contributed by atoms with Crippen LogP contribution in [0.2, 0.25) is 0 Å². The number of unbranched alkanes of at least 4 members (excludes halogenated alkanes) is 1. The minimum absolute atomic E-state index is 0.0752. The number of hydrogen-bond acceptors (Lipinski definition) is 7. The molecule has 0 aliphatic heterocycles. The Kier molecular flexibility index (Phi) is 10.00. The highest BCUT2D eigenvalue weighted by atomic mass is 32.1. The van der Waals surface area contributed by atoms with Crippen molar-refractivity contribution in [2.24, 2.45) is 0 Å². The first-order chi connectivity index (χ1) is 18.6. The highest BCUT2D eigenvalue weighted by Crippen LogP contribution is 2.29. The molecule has 10 heteroatoms. The van der Waals surface area contributed by atoms with Gasteiger partial charge in [0.05, 0.1) is 18.2 Å². The van der Waals surface area contributed by atoms with Crippen LogP contribution in [0.25, 0.3) is 10.6 Å². The van der Waals surface area contributed by atoms with E-state index in [9.17, 15) is 14.0 Å². The minimum atomic E-state index is -0.326. The van der Waals surface area contributed by atoms with Gasteiger partial charge in [-0.2, -0.15) is 0 Å². The van der Waals surface area contributed by atoms with Gasteiger partial charge in [0.15, 0.2) is 0 Å². The molecule has 2 aromatic heterocycles. The van der Waals surface area contributed by atoms with Gasteiger partial charge < -0.3 is 15.4 Å². The summed E-state index contributed by atoms with van der Waals surface area (Å²) in [7, 11) is 0. The molecule has 0 aliphatic carbocycles. The number of pyridine rings is 1. The van der Waals surface area contributed by atoms with Gasteiger partial charge in [0.1, 0.15) is 22.4 Å². The lowest BCUT2D eigenvalue weighted by molar-refractivity contribution is -0.126. The lowest BCUT2D eigenvalue weighted by Gasteiger charge is -2.16. The molecule has 2 N–H and O–H groups in total. The first kappa shape index (κ1) is 27.0. The van der Waals surface area contributed by atoms with Gasteiger partial charge >= 0.3 is 0 Å². The van der Waals surface area contributed by atoms with Crippen molar-refractivity contribution in [1.82, 2.24) is 25.8 Å². The van der Waals surface area contributed by atoms with E-state index in [-0.39, 0.29) is 36.9 Å². The number of aromatic nitrogens is 3. The average Bonchev–Trinajstić information content (AvgIpc) is 3.44. The second-order valence-electron chi connectivity index (χ2n) is 8.54. The van der Waals surface area contributed by atoms with Crippen molar-refractivity contribution in [2.45, 2.75) is 31.9 Å². The van der Waals surface area contributed by atoms with Crippen molar-refractivity contribution in [3.05, 3.63) is 101 Å². The lowest BCUT2D eigenvalue weighted by atomic mass is 10.1. The van der Waals surface area contributed by atoms with E-state index in [1.807, 2.05) is 30.3 Å². The van der Waals surface area contributed by atoms with Crippen LogP contribution >= 0.6 is 11.3 Å². The number of nitrogens with zero attached hydrogens (tertiary/aromatic N) is 3. The predicted molar refractivity (Wildman–Crippen MR) is 143 cm³/mol. The molecule has 0 saturated heterocycles. The van der Waals surface area contributed by atoms with Crippen LogP contribution in [-0.4, -0.2) is 40.1 Å². The maximum Gasteiger partial charge on any atom is 0.253 e. The molecule has 0 radical (unpaired) electrons. The van der Waals surface area contributed by atoms with Crippen molar-refractivity contribution >= 4 is 23.2 Å². The van der Waals surface area contributed by atoms with E-state index in [1.54, 1.807) is 30.5 Å². The van der Waals surface area contributed by atoms with Crippen LogP contribution in [0.5, 0.6) is 0 Å². The molecular formula is C28H28FN5O3S. The van der Waals surface area contributed by atoms with Crippen LogP contribution in [0.1, 0.15) is 46.2 Å². The number of amides is 2. The molecule has 1 atom stereocenters. The molecule has 0 unspecified atom stereocenters. The Morgan fingerprint density at radius 3 is 2.55 bits per heavy atom. The van der Waals surface area contributed by atoms with Crippen molar-refractivity contribution < 1.29 is 18.7 Å². The highest BCUT2D eigenvalue weighted by Gasteiger charge is 2.20. The van der Waals surface area contributed by atoms with Gasteiger partial charge in [0.2, 0.25) is 5.91 Å². The van der Waals surface area contributed by atoms with E-state index in [1.165, 1.54) is 29.7 Å². The SMILES string of the molecule is O=C(COCc1ccc(F)cc1)NCCCC[C@H](NC(=O)c1cccnc1)c1nnc(-c2ccccc2)s1. The molecule has 196 valence electrons. The fraction of sp³-hybridized carbons (Fsp3) is 0.250. The predicted octanol–water partition coefficient (Wildman–Crippen LogP) is 4.71. The summed E-state index contributed by atoms with van der Waals surface area (Å²) >= 11 is 1.45. The van der Waals surface area contributed by atoms with Gasteiger partial charge in [-0.15, -0.1) is 10.2 Å². The van der Waals surface area contributed by atoms with Gasteiger partial charge in [0, 0.05) is 24.5 Å². The smallest absolute Gasteiger partial charge is 0.253 e. The van der Waals surface area contributed by atoms with Crippen LogP contribution in [0, 0.1) is 5.82 Å². The zero-order valence-corrected chi connectivity index (χ0v) is 21.5. The van der Waals surface area contributed by atoms with E-state index >= 15 is 0 Å². The van der Waals surface area contributed by atoms with E-state index < -0.39 is 0 Å². The highest BCUT2D eigenvalue weighted by molar-refractivity contribution is 7.14. The monoisotopic (exact) mass is 533 g/mol. The summed E-state index contributed by atoms with van der Waals surface area (Å²) in [6.07, 6.45) is 5.23. The number of carbonyl (C=O) groups excluding carboxylic acids is 2. The summed E-state index contributed by atoms with van der Waals surface area (Å²) in [5.74, 6) is -0.760. The lowest BCUT2D eigenvalue weighted by Crippen LogP contribution is -2.30. The normalized spacial score (nSPS) is 11.6. The van der Waals surface area contributed by atoms with Crippen molar-refractivity contribution in [2.75, 3.05) is 13.2 Å². The Morgan fingerprint density at radius 1 is 0.974 bits per heavy atom. The van der Waals surface area contributed by atoms with Gasteiger partial charge in [-0.25, -0.2) is 4.39 Å². The standard InChI is InChI=1S/C28H28FN5O3S/c29-23-13-11-20(12-14-23)18-37-19-25(35)31-16-5-4-10-24(32-26(36)22-9-6-15-30-17-22)28-34-33-27(38-28)21-7-2-1-3-8-21/h1-3,6-9,11-15,17,24H,4-5,10,16,18-19H2,(H,31,35)(H,32,36)/t24-/m0/s1. The first-order valence-corrected chi connectivity index (χ1v) is 13.1. The van der Waals surface area contributed by atoms with Crippen molar-refractivity contribution in [3.63, 3.8) is 0 Å². The molecule has 0 bridgehead atoms. The molecule has 2 aromatic carbocycles. The third-order valence-corrected chi connectivity index (χ3v) is 6.73. The van der Waals surface area contributed by atoms with Gasteiger partial charge in [-0.1, -0.05) is 53.8 Å². The first-order valence-electron chi connectivity index (χ1n) is 12.3. The largest absolute Gasteiger partial charge is 0.367 e. The summed E-state index contributed by atoms with van der Waals surface area (Å²) in [6.45, 7) is 0.639. The van der Waals surface area contributed by atoms with E-state index in [0.29, 0.717) is 24.9 Å². The maximum atomic E-state index is 13.0. The third-order valence-electron chi connectivity index (χ3n) is 5.65. The Bertz CT molecular complexity index is 1300. The average molecular weight is 534 g/mol. The molecule has 0 spiro atoms. The molecular weight excluding hydrogens is 505 g/mol. The third kappa shape index (κ3) is 8.25. The molecule has 0 saturated carbocycles. The summed E-state index contributed by atoms with van der Waals surface area (Å²) < 4.78 is 18.4. The number of carbonyl (C=O) groups is 2. The quantitative estimate of drug-likeness (QED) is 0.241. The molecule has 2 amide bonds. The van der Waals surface area contributed by atoms with E-state index in [0.717, 1.165) is 27.6 Å². The van der Waals surface area contributed by atoms with E-state index in [4.69, 9.17) is 4.74 Å². The number of ether oxygens (including phenoxy) is 1. The van der Waals surface area contributed by atoms with Crippen LogP contribution in [0.3, 0.4) is 0 Å². The fourth-order valence-electron chi connectivity index (χ4n) is 3.66. The van der Waals surface area contributed by atoms with E-state index in [2.05, 4.69) is 25.8 Å². The van der Waals surface area contributed by atoms with Crippen molar-refractivity contribution in [1.29, 1.82) is 0 Å². The Labute approximate surface area is 224 Å². The number of nitrogens with one attached hydrogen (secondary N) is 2. The second kappa shape index (κ2) is 14.1. The number of benzene rings is 2. The molecule has 0 aliphatic rings. The molecule has 8 nitrogen and oxygen atoms in total. The van der Waals surface area contributed by atoms with Crippen LogP contribution < -0.4 is 10.6 Å². The zero-order valence-electron chi connectivity index (χ0n) is 20.7. The summed E-state index contributed by atoms with van der Waals surface area (Å²) in [5, 5.41) is 16.1. The van der Waals surface area contributed by atoms with Gasteiger partial charge in [-0.05, 0) is 49.1 Å². The molecule has 4 aromatic rings. The molecule has 38 heavy (non-hydrogen) atoms. The Balaban J connectivity index is 1.26. The van der Waals surface area contributed by atoms with Gasteiger partial charge in [0.25, 0.3) is 5.91 Å². The minimum Gasteiger partial charge on any atom is -0.367 e. The van der Waals surface area contributed by atoms with Crippen molar-refractivity contribution in [3.8, 4) is 10.6 Å². The summed E-state index contributed by atoms with van der Waals surface area (Å²) in [5.41, 5.74) is 2.24. The summed E-state index contributed by atoms with van der Waals surface area (Å²) in [4.78, 5) is 28.9.